The van der Waals surface area contributed by atoms with Crippen molar-refractivity contribution >= 4 is 40.8 Å². The highest BCUT2D eigenvalue weighted by Crippen LogP contribution is 2.43. The molecule has 5 rings (SSSR count). The van der Waals surface area contributed by atoms with Crippen molar-refractivity contribution in [2.75, 3.05) is 4.90 Å². The van der Waals surface area contributed by atoms with Crippen LogP contribution in [-0.2, 0) is 14.4 Å². The number of imide groups is 1. The summed E-state index contributed by atoms with van der Waals surface area (Å²) < 4.78 is 0. The minimum Gasteiger partial charge on any atom is -0.322 e. The van der Waals surface area contributed by atoms with Crippen LogP contribution >= 0.6 is 11.3 Å². The number of carbonyl (C=O) groups excluding carboxylic acids is 4. The molecule has 2 saturated heterocycles. The molecule has 1 aliphatic carbocycles. The molecule has 8 nitrogen and oxygen atoms in total. The molecular weight excluding hydrogens is 440 g/mol. The molecule has 3 fully saturated rings. The quantitative estimate of drug-likeness (QED) is 0.675. The summed E-state index contributed by atoms with van der Waals surface area (Å²) in [5.74, 6) is -1.82. The van der Waals surface area contributed by atoms with E-state index in [9.17, 15) is 19.2 Å². The van der Waals surface area contributed by atoms with Crippen LogP contribution in [0.2, 0.25) is 0 Å². The van der Waals surface area contributed by atoms with E-state index in [1.165, 1.54) is 11.3 Å². The van der Waals surface area contributed by atoms with Gasteiger partial charge in [0, 0.05) is 17.0 Å². The summed E-state index contributed by atoms with van der Waals surface area (Å²) in [4.78, 5) is 54.7. The third kappa shape index (κ3) is 3.70. The smallest absolute Gasteiger partial charge is 0.322 e. The Labute approximate surface area is 195 Å². The second kappa shape index (κ2) is 8.30. The Morgan fingerprint density at radius 3 is 2.48 bits per heavy atom. The lowest BCUT2D eigenvalue weighted by molar-refractivity contribution is -0.141. The number of thiophene rings is 1. The average Bonchev–Trinajstić information content (AvgIpc) is 3.50. The fourth-order valence-corrected chi connectivity index (χ4v) is 6.05. The molecule has 2 N–H and O–H groups in total. The Balaban J connectivity index is 1.41. The van der Waals surface area contributed by atoms with Crippen molar-refractivity contribution in [2.45, 2.75) is 57.0 Å². The van der Waals surface area contributed by atoms with Gasteiger partial charge in [-0.15, -0.1) is 11.3 Å². The highest BCUT2D eigenvalue weighted by atomic mass is 32.1. The van der Waals surface area contributed by atoms with Crippen molar-refractivity contribution in [2.24, 2.45) is 5.92 Å². The molecule has 33 heavy (non-hydrogen) atoms. The van der Waals surface area contributed by atoms with Gasteiger partial charge in [0.15, 0.2) is 0 Å². The molecule has 9 heteroatoms. The molecule has 1 saturated carbocycles. The number of benzene rings is 1. The number of hydrazine groups is 1. The fourth-order valence-electron chi connectivity index (χ4n) is 5.17. The molecular formula is C24H26N4O4S. The molecule has 2 aromatic rings. The lowest BCUT2D eigenvalue weighted by atomic mass is 9.82. The third-order valence-electron chi connectivity index (χ3n) is 6.90. The predicted octanol–water partition coefficient (Wildman–Crippen LogP) is 3.44. The monoisotopic (exact) mass is 466 g/mol. The van der Waals surface area contributed by atoms with Crippen molar-refractivity contribution in [1.82, 2.24) is 15.8 Å². The first-order chi connectivity index (χ1) is 15.9. The minimum atomic E-state index is -0.921. The van der Waals surface area contributed by atoms with E-state index in [1.54, 1.807) is 4.90 Å². The second-order valence-electron chi connectivity index (χ2n) is 9.06. The number of hydrogen-bond donors (Lipinski definition) is 2. The summed E-state index contributed by atoms with van der Waals surface area (Å²) in [5, 5.41) is 5.52. The summed E-state index contributed by atoms with van der Waals surface area (Å²) >= 11 is 1.47. The van der Waals surface area contributed by atoms with Crippen molar-refractivity contribution in [3.63, 3.8) is 0 Å². The largest absolute Gasteiger partial charge is 0.344 e. The number of rotatable bonds is 4. The molecule has 1 aromatic carbocycles. The van der Waals surface area contributed by atoms with Crippen molar-refractivity contribution in [1.29, 1.82) is 0 Å². The topological polar surface area (TPSA) is 98.8 Å². The highest BCUT2D eigenvalue weighted by molar-refractivity contribution is 7.10. The lowest BCUT2D eigenvalue weighted by Crippen LogP contribution is -2.52. The molecule has 0 unspecified atom stereocenters. The molecule has 3 aliphatic rings. The van der Waals surface area contributed by atoms with E-state index in [0.717, 1.165) is 40.4 Å². The van der Waals surface area contributed by atoms with Crippen LogP contribution in [0.3, 0.4) is 0 Å². The molecule has 1 spiro atoms. The summed E-state index contributed by atoms with van der Waals surface area (Å²) in [7, 11) is 0. The highest BCUT2D eigenvalue weighted by Gasteiger charge is 2.53. The van der Waals surface area contributed by atoms with Crippen LogP contribution < -0.4 is 15.6 Å². The van der Waals surface area contributed by atoms with Crippen molar-refractivity contribution in [3.8, 4) is 0 Å². The van der Waals surface area contributed by atoms with Crippen LogP contribution in [0, 0.1) is 12.8 Å². The number of aryl methyl sites for hydroxylation is 1. The normalized spacial score (nSPS) is 24.5. The van der Waals surface area contributed by atoms with Gasteiger partial charge in [0.05, 0.1) is 12.0 Å². The molecule has 0 radical (unpaired) electrons. The molecule has 0 bridgehead atoms. The standard InChI is InChI=1S/C24H26N4O4S/c1-15-7-9-16(10-8-15)27-19(29)14-17(20(27)18-6-5-13-33-18)21(30)26-28-22(31)24(25-23(28)32)11-3-2-4-12-24/h5-10,13,17,20H,2-4,11-12,14H2,1H3,(H,25,32)(H,26,30)/t17-,20+/m1/s1. The zero-order valence-corrected chi connectivity index (χ0v) is 19.2. The average molecular weight is 467 g/mol. The van der Waals surface area contributed by atoms with Gasteiger partial charge in [0.25, 0.3) is 5.91 Å². The Kier molecular flexibility index (Phi) is 5.44. The van der Waals surface area contributed by atoms with Crippen LogP contribution in [0.15, 0.2) is 41.8 Å². The van der Waals surface area contributed by atoms with E-state index in [2.05, 4.69) is 10.7 Å². The van der Waals surface area contributed by atoms with Crippen LogP contribution in [0.1, 0.15) is 55.0 Å². The van der Waals surface area contributed by atoms with Gasteiger partial charge in [-0.25, -0.2) is 4.79 Å². The first-order valence-electron chi connectivity index (χ1n) is 11.3. The van der Waals surface area contributed by atoms with Gasteiger partial charge in [-0.2, -0.15) is 5.01 Å². The minimum absolute atomic E-state index is 0.00291. The van der Waals surface area contributed by atoms with E-state index < -0.39 is 35.3 Å². The number of carbonyl (C=O) groups is 4. The van der Waals surface area contributed by atoms with Gasteiger partial charge in [-0.3, -0.25) is 19.8 Å². The maximum atomic E-state index is 13.4. The molecule has 1 aromatic heterocycles. The maximum absolute atomic E-state index is 13.4. The fraction of sp³-hybridized carbons (Fsp3) is 0.417. The van der Waals surface area contributed by atoms with E-state index in [-0.39, 0.29) is 12.3 Å². The maximum Gasteiger partial charge on any atom is 0.344 e. The number of hydrogen-bond acceptors (Lipinski definition) is 5. The van der Waals surface area contributed by atoms with Gasteiger partial charge < -0.3 is 10.2 Å². The second-order valence-corrected chi connectivity index (χ2v) is 10.0. The van der Waals surface area contributed by atoms with E-state index >= 15 is 0 Å². The zero-order valence-electron chi connectivity index (χ0n) is 18.4. The van der Waals surface area contributed by atoms with Gasteiger partial charge in [-0.05, 0) is 43.3 Å². The first-order valence-corrected chi connectivity index (χ1v) is 12.2. The Bertz CT molecular complexity index is 1090. The predicted molar refractivity (Wildman–Crippen MR) is 123 cm³/mol. The van der Waals surface area contributed by atoms with Crippen LogP contribution in [0.5, 0.6) is 0 Å². The molecule has 5 amide bonds. The van der Waals surface area contributed by atoms with Crippen LogP contribution in [-0.4, -0.2) is 34.3 Å². The van der Waals surface area contributed by atoms with Crippen LogP contribution in [0.4, 0.5) is 10.5 Å². The molecule has 2 aliphatic heterocycles. The van der Waals surface area contributed by atoms with Crippen molar-refractivity contribution in [3.05, 3.63) is 52.2 Å². The van der Waals surface area contributed by atoms with Gasteiger partial charge in [0.2, 0.25) is 11.8 Å². The SMILES string of the molecule is Cc1ccc(N2C(=O)C[C@@H](C(=O)NN3C(=O)NC4(CCCCC4)C3=O)[C@H]2c2cccs2)cc1. The van der Waals surface area contributed by atoms with Crippen molar-refractivity contribution < 1.29 is 19.2 Å². The molecule has 172 valence electrons. The summed E-state index contributed by atoms with van der Waals surface area (Å²) in [6.45, 7) is 1.97. The first kappa shape index (κ1) is 21.6. The molecule has 3 heterocycles. The summed E-state index contributed by atoms with van der Waals surface area (Å²) in [5.41, 5.74) is 3.41. The Morgan fingerprint density at radius 1 is 1.09 bits per heavy atom. The number of anilines is 1. The Morgan fingerprint density at radius 2 is 1.82 bits per heavy atom. The van der Waals surface area contributed by atoms with E-state index in [1.807, 2.05) is 48.7 Å². The lowest BCUT2D eigenvalue weighted by Gasteiger charge is -2.30. The third-order valence-corrected chi connectivity index (χ3v) is 7.84. The zero-order chi connectivity index (χ0) is 23.2. The number of urea groups is 1. The summed E-state index contributed by atoms with van der Waals surface area (Å²) in [6, 6.07) is 10.3. The van der Waals surface area contributed by atoms with Crippen LogP contribution in [0.25, 0.3) is 0 Å². The van der Waals surface area contributed by atoms with E-state index in [0.29, 0.717) is 12.8 Å². The summed E-state index contributed by atoms with van der Waals surface area (Å²) in [6.07, 6.45) is 3.89. The van der Waals surface area contributed by atoms with Gasteiger partial charge >= 0.3 is 6.03 Å². The van der Waals surface area contributed by atoms with Gasteiger partial charge in [-0.1, -0.05) is 43.0 Å². The number of nitrogens with one attached hydrogen (secondary N) is 2. The number of amides is 5. The van der Waals surface area contributed by atoms with Gasteiger partial charge in [0.1, 0.15) is 5.54 Å². The Hall–Kier alpha value is -3.20. The molecule has 2 atom stereocenters. The van der Waals surface area contributed by atoms with E-state index in [4.69, 9.17) is 0 Å². The number of nitrogens with zero attached hydrogens (tertiary/aromatic N) is 2.